The van der Waals surface area contributed by atoms with Crippen LogP contribution in [0.5, 0.6) is 0 Å². The molecule has 0 aliphatic heterocycles. The average Bonchev–Trinajstić information content (AvgIpc) is 2.28. The van der Waals surface area contributed by atoms with E-state index in [9.17, 15) is 14.9 Å². The molecule has 1 aromatic carbocycles. The molecule has 1 aromatic rings. The molecule has 0 unspecified atom stereocenters. The van der Waals surface area contributed by atoms with E-state index in [0.29, 0.717) is 5.56 Å². The van der Waals surface area contributed by atoms with E-state index in [2.05, 4.69) is 20.7 Å². The molecule has 0 saturated carbocycles. The van der Waals surface area contributed by atoms with Crippen LogP contribution in [0.4, 0.5) is 0 Å². The predicted octanol–water partition coefficient (Wildman–Crippen LogP) is 2.63. The summed E-state index contributed by atoms with van der Waals surface area (Å²) >= 11 is 3.25. The highest BCUT2D eigenvalue weighted by Crippen LogP contribution is 2.14. The van der Waals surface area contributed by atoms with E-state index in [1.165, 1.54) is 6.08 Å². The van der Waals surface area contributed by atoms with Crippen LogP contribution in [-0.2, 0) is 9.53 Å². The van der Waals surface area contributed by atoms with Crippen molar-refractivity contribution in [3.8, 4) is 0 Å². The van der Waals surface area contributed by atoms with E-state index in [-0.39, 0.29) is 6.61 Å². The Labute approximate surface area is 106 Å². The number of esters is 1. The lowest BCUT2D eigenvalue weighted by Crippen LogP contribution is -2.14. The van der Waals surface area contributed by atoms with Gasteiger partial charge in [0.2, 0.25) is 0 Å². The van der Waals surface area contributed by atoms with Gasteiger partial charge in [-0.25, -0.2) is 4.79 Å². The minimum atomic E-state index is -0.930. The minimum absolute atomic E-state index is 0.102. The zero-order valence-electron chi connectivity index (χ0n) is 9.05. The van der Waals surface area contributed by atoms with Gasteiger partial charge in [0.1, 0.15) is 0 Å². The number of halogens is 1. The number of hydrogen-bond acceptors (Lipinski definition) is 4. The van der Waals surface area contributed by atoms with Crippen LogP contribution in [0.25, 0.3) is 6.08 Å². The van der Waals surface area contributed by atoms with E-state index in [4.69, 9.17) is 0 Å². The van der Waals surface area contributed by atoms with Crippen molar-refractivity contribution in [1.82, 2.24) is 0 Å². The van der Waals surface area contributed by atoms with Crippen molar-refractivity contribution in [3.63, 3.8) is 0 Å². The van der Waals surface area contributed by atoms with Gasteiger partial charge in [0.05, 0.1) is 11.5 Å². The van der Waals surface area contributed by atoms with Crippen LogP contribution in [-0.4, -0.2) is 17.5 Å². The Morgan fingerprint density at radius 1 is 1.47 bits per heavy atom. The topological polar surface area (TPSA) is 69.4 Å². The molecule has 0 aliphatic rings. The molecule has 0 aliphatic carbocycles. The fourth-order valence-electron chi connectivity index (χ4n) is 1.11. The van der Waals surface area contributed by atoms with Gasteiger partial charge >= 0.3 is 11.7 Å². The van der Waals surface area contributed by atoms with Crippen molar-refractivity contribution >= 4 is 28.0 Å². The molecule has 0 spiro atoms. The molecule has 0 atom stereocenters. The summed E-state index contributed by atoms with van der Waals surface area (Å²) < 4.78 is 5.46. The Morgan fingerprint density at radius 3 is 2.53 bits per heavy atom. The van der Waals surface area contributed by atoms with Gasteiger partial charge in [-0.05, 0) is 24.6 Å². The van der Waals surface area contributed by atoms with Gasteiger partial charge < -0.3 is 4.74 Å². The first kappa shape index (κ1) is 13.4. The molecule has 0 aromatic heterocycles. The molecule has 0 bridgehead atoms. The molecule has 1 rings (SSSR count). The van der Waals surface area contributed by atoms with Crippen LogP contribution >= 0.6 is 15.9 Å². The molecule has 17 heavy (non-hydrogen) atoms. The number of nitrogens with zero attached hydrogens (tertiary/aromatic N) is 1. The van der Waals surface area contributed by atoms with Gasteiger partial charge in [0, 0.05) is 10.5 Å². The summed E-state index contributed by atoms with van der Waals surface area (Å²) in [4.78, 5) is 21.3. The third-order valence-electron chi connectivity index (χ3n) is 1.85. The molecule has 6 heteroatoms. The largest absolute Gasteiger partial charge is 0.458 e. The summed E-state index contributed by atoms with van der Waals surface area (Å²) in [5, 5.41) is 10.7. The molecular weight excluding hydrogens is 290 g/mol. The van der Waals surface area contributed by atoms with Crippen molar-refractivity contribution in [2.24, 2.45) is 0 Å². The fraction of sp³-hybridized carbons (Fsp3) is 0.182. The van der Waals surface area contributed by atoms with E-state index >= 15 is 0 Å². The summed E-state index contributed by atoms with van der Waals surface area (Å²) in [6, 6.07) is 6.78. The Balaban J connectivity index is 3.02. The highest BCUT2D eigenvalue weighted by molar-refractivity contribution is 9.10. The van der Waals surface area contributed by atoms with Gasteiger partial charge in [-0.15, -0.1) is 0 Å². The van der Waals surface area contributed by atoms with Crippen molar-refractivity contribution in [2.45, 2.75) is 6.92 Å². The molecule has 0 N–H and O–H groups in total. The second-order valence-corrected chi connectivity index (χ2v) is 3.97. The molecule has 0 fully saturated rings. The maximum absolute atomic E-state index is 11.3. The number of carbonyl (C=O) groups excluding carboxylic acids is 1. The number of nitro groups is 1. The summed E-state index contributed by atoms with van der Waals surface area (Å²) in [6.45, 7) is 1.69. The van der Waals surface area contributed by atoms with Crippen LogP contribution in [0.1, 0.15) is 12.5 Å². The van der Waals surface area contributed by atoms with Gasteiger partial charge in [-0.2, -0.15) is 0 Å². The number of hydrogen-bond donors (Lipinski definition) is 0. The average molecular weight is 300 g/mol. The molecular formula is C11H10BrNO4. The summed E-state index contributed by atoms with van der Waals surface area (Å²) in [5.74, 6) is -0.930. The Hall–Kier alpha value is -1.69. The van der Waals surface area contributed by atoms with E-state index in [0.717, 1.165) is 4.47 Å². The maximum atomic E-state index is 11.3. The Morgan fingerprint density at radius 2 is 2.06 bits per heavy atom. The highest BCUT2D eigenvalue weighted by atomic mass is 79.9. The molecule has 0 amide bonds. The monoisotopic (exact) mass is 299 g/mol. The van der Waals surface area contributed by atoms with Gasteiger partial charge in [-0.1, -0.05) is 28.1 Å². The molecule has 0 saturated heterocycles. The predicted molar refractivity (Wildman–Crippen MR) is 65.7 cm³/mol. The second-order valence-electron chi connectivity index (χ2n) is 3.06. The van der Waals surface area contributed by atoms with E-state index in [1.807, 2.05) is 0 Å². The summed E-state index contributed by atoms with van der Waals surface area (Å²) in [6.07, 6.45) is 1.18. The first-order valence-electron chi connectivity index (χ1n) is 4.83. The molecule has 5 nitrogen and oxygen atoms in total. The zero-order chi connectivity index (χ0) is 12.8. The van der Waals surface area contributed by atoms with Crippen molar-refractivity contribution in [1.29, 1.82) is 0 Å². The van der Waals surface area contributed by atoms with E-state index < -0.39 is 16.6 Å². The Kier molecular flexibility index (Phi) is 4.84. The highest BCUT2D eigenvalue weighted by Gasteiger charge is 2.22. The van der Waals surface area contributed by atoms with E-state index in [1.54, 1.807) is 31.2 Å². The molecule has 90 valence electrons. The number of ether oxygens (including phenoxy) is 1. The third-order valence-corrected chi connectivity index (χ3v) is 2.38. The van der Waals surface area contributed by atoms with Crippen LogP contribution in [0.3, 0.4) is 0 Å². The Bertz CT molecular complexity index is 453. The zero-order valence-corrected chi connectivity index (χ0v) is 10.6. The summed E-state index contributed by atoms with van der Waals surface area (Å²) in [7, 11) is 0. The SMILES string of the molecule is CCOC(=O)/C(=C/c1ccc(Br)cc1)[N+](=O)[O-]. The van der Waals surface area contributed by atoms with Gasteiger partial charge in [-0.3, -0.25) is 10.1 Å². The second kappa shape index (κ2) is 6.15. The van der Waals surface area contributed by atoms with Crippen molar-refractivity contribution in [2.75, 3.05) is 6.61 Å². The standard InChI is InChI=1S/C11H10BrNO4/c1-2-17-11(14)10(13(15)16)7-8-3-5-9(12)6-4-8/h3-7H,2H2,1H3/b10-7-. The third kappa shape index (κ3) is 3.99. The van der Waals surface area contributed by atoms with Gasteiger partial charge in [0.25, 0.3) is 0 Å². The smallest absolute Gasteiger partial charge is 0.409 e. The van der Waals surface area contributed by atoms with Crippen molar-refractivity contribution in [3.05, 3.63) is 50.1 Å². The molecule has 0 heterocycles. The van der Waals surface area contributed by atoms with Gasteiger partial charge in [0.15, 0.2) is 0 Å². The minimum Gasteiger partial charge on any atom is -0.458 e. The number of benzene rings is 1. The normalized spacial score (nSPS) is 11.1. The molecule has 0 radical (unpaired) electrons. The first-order chi connectivity index (χ1) is 8.04. The first-order valence-corrected chi connectivity index (χ1v) is 5.62. The lowest BCUT2D eigenvalue weighted by Gasteiger charge is -1.99. The summed E-state index contributed by atoms with van der Waals surface area (Å²) in [5.41, 5.74) is -0.0119. The lowest BCUT2D eigenvalue weighted by molar-refractivity contribution is -0.419. The van der Waals surface area contributed by atoms with Crippen LogP contribution in [0.15, 0.2) is 34.4 Å². The van der Waals surface area contributed by atoms with Crippen LogP contribution < -0.4 is 0 Å². The lowest BCUT2D eigenvalue weighted by atomic mass is 10.2. The quantitative estimate of drug-likeness (QED) is 0.371. The number of rotatable bonds is 4. The van der Waals surface area contributed by atoms with Crippen LogP contribution in [0, 0.1) is 10.1 Å². The fourth-order valence-corrected chi connectivity index (χ4v) is 1.37. The van der Waals surface area contributed by atoms with Crippen molar-refractivity contribution < 1.29 is 14.5 Å². The maximum Gasteiger partial charge on any atom is 0.409 e. The van der Waals surface area contributed by atoms with Crippen LogP contribution in [0.2, 0.25) is 0 Å². The number of carbonyl (C=O) groups is 1.